The second-order valence-electron chi connectivity index (χ2n) is 5.44. The van der Waals surface area contributed by atoms with E-state index in [1.165, 1.54) is 11.9 Å². The van der Waals surface area contributed by atoms with Gasteiger partial charge in [0.25, 0.3) is 0 Å². The first kappa shape index (κ1) is 14.3. The molecular formula is C16H19N5O. The number of hydrogen-bond acceptors (Lipinski definition) is 5. The van der Waals surface area contributed by atoms with Gasteiger partial charge in [-0.3, -0.25) is 4.68 Å². The van der Waals surface area contributed by atoms with Crippen molar-refractivity contribution in [3.05, 3.63) is 36.3 Å². The maximum Gasteiger partial charge on any atom is 0.163 e. The molecule has 0 amide bonds. The number of nitrogens with zero attached hydrogens (tertiary/aromatic N) is 4. The Kier molecular flexibility index (Phi) is 3.66. The molecule has 114 valence electrons. The van der Waals surface area contributed by atoms with Crippen molar-refractivity contribution >= 4 is 22.5 Å². The van der Waals surface area contributed by atoms with Crippen molar-refractivity contribution in [1.29, 1.82) is 0 Å². The Labute approximate surface area is 128 Å². The quantitative estimate of drug-likeness (QED) is 0.722. The monoisotopic (exact) mass is 297 g/mol. The maximum atomic E-state index is 10.1. The average Bonchev–Trinajstić information content (AvgIpc) is 2.91. The first-order valence-electron chi connectivity index (χ1n) is 7.32. The zero-order chi connectivity index (χ0) is 15.7. The van der Waals surface area contributed by atoms with E-state index in [-0.39, 0.29) is 5.75 Å². The molecule has 6 nitrogen and oxygen atoms in total. The molecule has 1 atom stereocenters. The molecule has 0 aliphatic heterocycles. The first-order valence-corrected chi connectivity index (χ1v) is 7.32. The summed E-state index contributed by atoms with van der Waals surface area (Å²) in [6.45, 7) is 4.31. The van der Waals surface area contributed by atoms with Crippen LogP contribution in [-0.4, -0.2) is 24.9 Å². The lowest BCUT2D eigenvalue weighted by Gasteiger charge is -2.13. The number of rotatable bonds is 4. The smallest absolute Gasteiger partial charge is 0.163 e. The third-order valence-electron chi connectivity index (χ3n) is 3.98. The van der Waals surface area contributed by atoms with Crippen LogP contribution in [0.15, 0.2) is 30.7 Å². The van der Waals surface area contributed by atoms with Crippen molar-refractivity contribution in [2.75, 3.05) is 5.32 Å². The number of hydrogen-bond donors (Lipinski definition) is 2. The van der Waals surface area contributed by atoms with Crippen LogP contribution < -0.4 is 5.32 Å². The molecule has 2 aromatic heterocycles. The van der Waals surface area contributed by atoms with Gasteiger partial charge in [0.15, 0.2) is 5.65 Å². The van der Waals surface area contributed by atoms with Crippen LogP contribution in [0.3, 0.4) is 0 Å². The third-order valence-corrected chi connectivity index (χ3v) is 3.98. The Morgan fingerprint density at radius 1 is 1.32 bits per heavy atom. The fourth-order valence-electron chi connectivity index (χ4n) is 2.39. The van der Waals surface area contributed by atoms with Crippen molar-refractivity contribution in [2.24, 2.45) is 7.05 Å². The molecule has 0 aliphatic rings. The third kappa shape index (κ3) is 2.47. The minimum atomic E-state index is 0.197. The van der Waals surface area contributed by atoms with Gasteiger partial charge in [-0.2, -0.15) is 5.10 Å². The number of phenols is 1. The number of phenolic OH excluding ortho intramolecular Hbond substituents is 1. The molecule has 0 radical (unpaired) electrons. The molecule has 6 heteroatoms. The molecule has 0 saturated heterocycles. The topological polar surface area (TPSA) is 75.9 Å². The number of aromatic nitrogens is 4. The van der Waals surface area contributed by atoms with Gasteiger partial charge in [0.1, 0.15) is 17.9 Å². The number of anilines is 2. The van der Waals surface area contributed by atoms with Gasteiger partial charge < -0.3 is 10.4 Å². The molecule has 2 heterocycles. The summed E-state index contributed by atoms with van der Waals surface area (Å²) in [7, 11) is 1.83. The van der Waals surface area contributed by atoms with Crippen LogP contribution in [0.5, 0.6) is 5.75 Å². The Morgan fingerprint density at radius 2 is 2.14 bits per heavy atom. The van der Waals surface area contributed by atoms with Crippen LogP contribution >= 0.6 is 0 Å². The summed E-state index contributed by atoms with van der Waals surface area (Å²) in [4.78, 5) is 8.48. The molecule has 22 heavy (non-hydrogen) atoms. The van der Waals surface area contributed by atoms with Crippen molar-refractivity contribution < 1.29 is 5.11 Å². The summed E-state index contributed by atoms with van der Waals surface area (Å²) in [5, 5.41) is 18.3. The fourth-order valence-corrected chi connectivity index (χ4v) is 2.39. The molecule has 1 aromatic carbocycles. The number of fused-ring (bicyclic) bond motifs is 1. The second-order valence-corrected chi connectivity index (χ2v) is 5.44. The number of nitrogens with one attached hydrogen (secondary N) is 1. The minimum absolute atomic E-state index is 0.197. The van der Waals surface area contributed by atoms with E-state index in [1.807, 2.05) is 19.2 Å². The predicted molar refractivity (Wildman–Crippen MR) is 86.4 cm³/mol. The number of aromatic hydroxyl groups is 1. The van der Waals surface area contributed by atoms with Gasteiger partial charge in [0.2, 0.25) is 0 Å². The molecule has 0 saturated carbocycles. The van der Waals surface area contributed by atoms with Gasteiger partial charge in [-0.1, -0.05) is 19.9 Å². The highest BCUT2D eigenvalue weighted by atomic mass is 16.3. The summed E-state index contributed by atoms with van der Waals surface area (Å²) >= 11 is 0. The highest BCUT2D eigenvalue weighted by Crippen LogP contribution is 2.32. The Hall–Kier alpha value is -2.63. The number of aryl methyl sites for hydroxylation is 1. The van der Waals surface area contributed by atoms with Crippen LogP contribution in [0.4, 0.5) is 11.5 Å². The van der Waals surface area contributed by atoms with Gasteiger partial charge in [-0.25, -0.2) is 9.97 Å². The normalized spacial score (nSPS) is 12.5. The lowest BCUT2D eigenvalue weighted by Crippen LogP contribution is -1.99. The molecule has 0 aliphatic carbocycles. The van der Waals surface area contributed by atoms with Gasteiger partial charge in [0, 0.05) is 7.05 Å². The van der Waals surface area contributed by atoms with E-state index in [2.05, 4.69) is 34.2 Å². The minimum Gasteiger partial charge on any atom is -0.506 e. The van der Waals surface area contributed by atoms with Gasteiger partial charge in [0.05, 0.1) is 17.3 Å². The van der Waals surface area contributed by atoms with Crippen LogP contribution in [0.1, 0.15) is 31.7 Å². The zero-order valence-corrected chi connectivity index (χ0v) is 12.9. The van der Waals surface area contributed by atoms with E-state index in [9.17, 15) is 5.11 Å². The fraction of sp³-hybridized carbons (Fsp3) is 0.312. The van der Waals surface area contributed by atoms with Crippen LogP contribution in [0.25, 0.3) is 11.0 Å². The molecule has 2 N–H and O–H groups in total. The molecule has 1 unspecified atom stereocenters. The Bertz CT molecular complexity index is 811. The molecular weight excluding hydrogens is 278 g/mol. The molecule has 0 bridgehead atoms. The molecule has 0 spiro atoms. The molecule has 0 fully saturated rings. The lowest BCUT2D eigenvalue weighted by molar-refractivity contribution is 0.477. The number of benzene rings is 1. The van der Waals surface area contributed by atoms with E-state index < -0.39 is 0 Å². The van der Waals surface area contributed by atoms with Crippen molar-refractivity contribution in [1.82, 2.24) is 19.7 Å². The van der Waals surface area contributed by atoms with E-state index in [1.54, 1.807) is 16.9 Å². The zero-order valence-electron chi connectivity index (χ0n) is 12.9. The summed E-state index contributed by atoms with van der Waals surface area (Å²) in [6, 6.07) is 5.63. The summed E-state index contributed by atoms with van der Waals surface area (Å²) in [5.41, 5.74) is 2.57. The van der Waals surface area contributed by atoms with Crippen LogP contribution in [0.2, 0.25) is 0 Å². The second kappa shape index (κ2) is 5.63. The summed E-state index contributed by atoms with van der Waals surface area (Å²) < 4.78 is 1.69. The lowest BCUT2D eigenvalue weighted by atomic mass is 9.98. The van der Waals surface area contributed by atoms with E-state index >= 15 is 0 Å². The SMILES string of the molecule is CCC(C)c1ccc(O)c(Nc2ncnc3c2cnn3C)c1. The molecule has 3 aromatic rings. The largest absolute Gasteiger partial charge is 0.506 e. The van der Waals surface area contributed by atoms with Crippen molar-refractivity contribution in [3.8, 4) is 5.75 Å². The van der Waals surface area contributed by atoms with E-state index in [0.29, 0.717) is 17.4 Å². The highest BCUT2D eigenvalue weighted by molar-refractivity contribution is 5.88. The average molecular weight is 297 g/mol. The summed E-state index contributed by atoms with van der Waals surface area (Å²) in [5.74, 6) is 1.27. The Balaban J connectivity index is 2.01. The maximum absolute atomic E-state index is 10.1. The van der Waals surface area contributed by atoms with E-state index in [0.717, 1.165) is 17.5 Å². The van der Waals surface area contributed by atoms with Gasteiger partial charge >= 0.3 is 0 Å². The van der Waals surface area contributed by atoms with Gasteiger partial charge in [-0.05, 0) is 30.0 Å². The first-order chi connectivity index (χ1) is 10.6. The van der Waals surface area contributed by atoms with Crippen LogP contribution in [-0.2, 0) is 7.05 Å². The summed E-state index contributed by atoms with van der Waals surface area (Å²) in [6.07, 6.45) is 4.25. The van der Waals surface area contributed by atoms with Crippen LogP contribution in [0, 0.1) is 0 Å². The van der Waals surface area contributed by atoms with Gasteiger partial charge in [-0.15, -0.1) is 0 Å². The standard InChI is InChI=1S/C16H19N5O/c1-4-10(2)11-5-6-14(22)13(7-11)20-15-12-8-19-21(3)16(12)18-9-17-15/h5-10,22H,4H2,1-3H3,(H,17,18,20). The molecule has 3 rings (SSSR count). The van der Waals surface area contributed by atoms with Crippen molar-refractivity contribution in [3.63, 3.8) is 0 Å². The van der Waals surface area contributed by atoms with Crippen molar-refractivity contribution in [2.45, 2.75) is 26.2 Å². The highest BCUT2D eigenvalue weighted by Gasteiger charge is 2.12. The predicted octanol–water partition coefficient (Wildman–Crippen LogP) is 3.33. The van der Waals surface area contributed by atoms with E-state index in [4.69, 9.17) is 0 Å². The Morgan fingerprint density at radius 3 is 2.91 bits per heavy atom.